The topological polar surface area (TPSA) is 41.6 Å². The van der Waals surface area contributed by atoms with Gasteiger partial charge in [0.2, 0.25) is 5.91 Å². The predicted molar refractivity (Wildman–Crippen MR) is 86.4 cm³/mol. The summed E-state index contributed by atoms with van der Waals surface area (Å²) in [5.74, 6) is 0.392. The van der Waals surface area contributed by atoms with Crippen LogP contribution in [-0.2, 0) is 16.1 Å². The number of ether oxygens (including phenoxy) is 1. The third-order valence-electron chi connectivity index (χ3n) is 4.74. The maximum absolute atomic E-state index is 12.2. The third kappa shape index (κ3) is 4.31. The van der Waals surface area contributed by atoms with Crippen LogP contribution in [0, 0.1) is 5.92 Å². The number of nitrogens with one attached hydrogen (secondary N) is 1. The average molecular weight is 302 g/mol. The van der Waals surface area contributed by atoms with E-state index in [9.17, 15) is 4.79 Å². The Kier molecular flexibility index (Phi) is 5.46. The highest BCUT2D eigenvalue weighted by molar-refractivity contribution is 5.78. The fraction of sp³-hybridized carbons (Fsp3) is 0.611. The van der Waals surface area contributed by atoms with Gasteiger partial charge in [0.15, 0.2) is 0 Å². The molecule has 1 amide bonds. The van der Waals surface area contributed by atoms with Gasteiger partial charge in [-0.05, 0) is 44.3 Å². The van der Waals surface area contributed by atoms with Crippen LogP contribution >= 0.6 is 0 Å². The summed E-state index contributed by atoms with van der Waals surface area (Å²) in [6.45, 7) is 4.53. The van der Waals surface area contributed by atoms with Crippen molar-refractivity contribution in [2.24, 2.45) is 5.92 Å². The van der Waals surface area contributed by atoms with Gasteiger partial charge in [-0.1, -0.05) is 30.3 Å². The van der Waals surface area contributed by atoms with Crippen LogP contribution in [0.25, 0.3) is 0 Å². The predicted octanol–water partition coefficient (Wildman–Crippen LogP) is 2.19. The van der Waals surface area contributed by atoms with E-state index in [2.05, 4.69) is 34.5 Å². The second-order valence-electron chi connectivity index (χ2n) is 6.42. The molecule has 22 heavy (non-hydrogen) atoms. The highest BCUT2D eigenvalue weighted by atomic mass is 16.5. The van der Waals surface area contributed by atoms with Crippen molar-refractivity contribution in [2.45, 2.75) is 38.3 Å². The first kappa shape index (κ1) is 15.5. The van der Waals surface area contributed by atoms with Gasteiger partial charge in [0, 0.05) is 25.6 Å². The second kappa shape index (κ2) is 7.75. The fourth-order valence-electron chi connectivity index (χ4n) is 3.36. The largest absolute Gasteiger partial charge is 0.376 e. The van der Waals surface area contributed by atoms with Crippen LogP contribution in [0.1, 0.15) is 31.2 Å². The van der Waals surface area contributed by atoms with Crippen molar-refractivity contribution in [2.75, 3.05) is 26.2 Å². The molecule has 0 unspecified atom stereocenters. The molecule has 2 saturated heterocycles. The lowest BCUT2D eigenvalue weighted by Gasteiger charge is -2.31. The molecule has 4 nitrogen and oxygen atoms in total. The van der Waals surface area contributed by atoms with E-state index in [-0.39, 0.29) is 17.9 Å². The van der Waals surface area contributed by atoms with Crippen molar-refractivity contribution in [3.8, 4) is 0 Å². The molecule has 2 aliphatic heterocycles. The Balaban J connectivity index is 1.38. The lowest BCUT2D eigenvalue weighted by atomic mass is 9.95. The number of hydrogen-bond acceptors (Lipinski definition) is 3. The minimum atomic E-state index is 0.174. The lowest BCUT2D eigenvalue weighted by molar-refractivity contribution is -0.127. The van der Waals surface area contributed by atoms with Gasteiger partial charge in [-0.2, -0.15) is 0 Å². The normalized spacial score (nSPS) is 23.5. The first-order valence-electron chi connectivity index (χ1n) is 8.47. The highest BCUT2D eigenvalue weighted by Gasteiger charge is 2.25. The van der Waals surface area contributed by atoms with Gasteiger partial charge in [-0.25, -0.2) is 0 Å². The first-order valence-corrected chi connectivity index (χ1v) is 8.47. The standard InChI is InChI=1S/C18H26N2O2/c21-18(19-13-17-7-4-12-22-17)16-8-10-20(11-9-16)14-15-5-2-1-3-6-15/h1-3,5-6,16-17H,4,7-14H2,(H,19,21)/t17-/m0/s1. The summed E-state index contributed by atoms with van der Waals surface area (Å²) in [5, 5.41) is 3.08. The lowest BCUT2D eigenvalue weighted by Crippen LogP contribution is -2.42. The van der Waals surface area contributed by atoms with E-state index in [1.165, 1.54) is 5.56 Å². The Labute approximate surface area is 132 Å². The highest BCUT2D eigenvalue weighted by Crippen LogP contribution is 2.19. The summed E-state index contributed by atoms with van der Waals surface area (Å²) >= 11 is 0. The van der Waals surface area contributed by atoms with E-state index < -0.39 is 0 Å². The summed E-state index contributed by atoms with van der Waals surface area (Å²) in [7, 11) is 0. The first-order chi connectivity index (χ1) is 10.8. The van der Waals surface area contributed by atoms with E-state index in [0.717, 1.165) is 51.9 Å². The van der Waals surface area contributed by atoms with Crippen molar-refractivity contribution in [3.63, 3.8) is 0 Å². The molecular weight excluding hydrogens is 276 g/mol. The number of piperidine rings is 1. The van der Waals surface area contributed by atoms with Crippen LogP contribution in [0.2, 0.25) is 0 Å². The van der Waals surface area contributed by atoms with Gasteiger partial charge >= 0.3 is 0 Å². The summed E-state index contributed by atoms with van der Waals surface area (Å²) in [6, 6.07) is 10.6. The zero-order chi connectivity index (χ0) is 15.2. The zero-order valence-electron chi connectivity index (χ0n) is 13.2. The minimum absolute atomic E-state index is 0.174. The quantitative estimate of drug-likeness (QED) is 0.906. The number of nitrogens with zero attached hydrogens (tertiary/aromatic N) is 1. The molecule has 0 bridgehead atoms. The summed E-state index contributed by atoms with van der Waals surface area (Å²) in [4.78, 5) is 14.7. The molecular formula is C18H26N2O2. The Morgan fingerprint density at radius 3 is 2.64 bits per heavy atom. The number of carbonyl (C=O) groups is 1. The number of carbonyl (C=O) groups excluding carboxylic acids is 1. The van der Waals surface area contributed by atoms with Gasteiger partial charge in [0.05, 0.1) is 6.10 Å². The maximum Gasteiger partial charge on any atom is 0.223 e. The van der Waals surface area contributed by atoms with E-state index >= 15 is 0 Å². The molecule has 4 heteroatoms. The smallest absolute Gasteiger partial charge is 0.223 e. The molecule has 2 fully saturated rings. The molecule has 3 rings (SSSR count). The van der Waals surface area contributed by atoms with Crippen LogP contribution in [0.4, 0.5) is 0 Å². The van der Waals surface area contributed by atoms with Crippen molar-refractivity contribution < 1.29 is 9.53 Å². The molecule has 1 atom stereocenters. The molecule has 0 saturated carbocycles. The fourth-order valence-corrected chi connectivity index (χ4v) is 3.36. The summed E-state index contributed by atoms with van der Waals surface area (Å²) in [6.07, 6.45) is 4.37. The number of benzene rings is 1. The third-order valence-corrected chi connectivity index (χ3v) is 4.74. The molecule has 120 valence electrons. The molecule has 0 spiro atoms. The van der Waals surface area contributed by atoms with E-state index in [0.29, 0.717) is 6.54 Å². The monoisotopic (exact) mass is 302 g/mol. The minimum Gasteiger partial charge on any atom is -0.376 e. The van der Waals surface area contributed by atoms with Gasteiger partial charge in [-0.15, -0.1) is 0 Å². The molecule has 1 N–H and O–H groups in total. The zero-order valence-corrected chi connectivity index (χ0v) is 13.2. The van der Waals surface area contributed by atoms with E-state index in [1.807, 2.05) is 6.07 Å². The van der Waals surface area contributed by atoms with Crippen molar-refractivity contribution in [1.29, 1.82) is 0 Å². The van der Waals surface area contributed by atoms with Crippen LogP contribution in [0.15, 0.2) is 30.3 Å². The Hall–Kier alpha value is -1.39. The molecule has 2 heterocycles. The number of amides is 1. The number of rotatable bonds is 5. The van der Waals surface area contributed by atoms with Gasteiger partial charge in [-0.3, -0.25) is 9.69 Å². The molecule has 0 aromatic heterocycles. The van der Waals surface area contributed by atoms with Crippen LogP contribution in [0.5, 0.6) is 0 Å². The Morgan fingerprint density at radius 2 is 1.95 bits per heavy atom. The van der Waals surface area contributed by atoms with Crippen molar-refractivity contribution in [3.05, 3.63) is 35.9 Å². The maximum atomic E-state index is 12.2. The Morgan fingerprint density at radius 1 is 1.18 bits per heavy atom. The van der Waals surface area contributed by atoms with E-state index in [4.69, 9.17) is 4.74 Å². The van der Waals surface area contributed by atoms with Crippen molar-refractivity contribution in [1.82, 2.24) is 10.2 Å². The SMILES string of the molecule is O=C(NC[C@@H]1CCCO1)C1CCN(Cc2ccccc2)CC1. The van der Waals surface area contributed by atoms with E-state index in [1.54, 1.807) is 0 Å². The average Bonchev–Trinajstić information content (AvgIpc) is 3.08. The molecule has 1 aromatic carbocycles. The molecule has 0 radical (unpaired) electrons. The second-order valence-corrected chi connectivity index (χ2v) is 6.42. The number of likely N-dealkylation sites (tertiary alicyclic amines) is 1. The van der Waals surface area contributed by atoms with Gasteiger partial charge in [0.1, 0.15) is 0 Å². The van der Waals surface area contributed by atoms with Crippen LogP contribution in [0.3, 0.4) is 0 Å². The van der Waals surface area contributed by atoms with Crippen LogP contribution < -0.4 is 5.32 Å². The summed E-state index contributed by atoms with van der Waals surface area (Å²) in [5.41, 5.74) is 1.35. The van der Waals surface area contributed by atoms with Crippen LogP contribution in [-0.4, -0.2) is 43.2 Å². The molecule has 1 aromatic rings. The number of hydrogen-bond donors (Lipinski definition) is 1. The molecule has 2 aliphatic rings. The van der Waals surface area contributed by atoms with Gasteiger partial charge in [0.25, 0.3) is 0 Å². The molecule has 0 aliphatic carbocycles. The van der Waals surface area contributed by atoms with Gasteiger partial charge < -0.3 is 10.1 Å². The summed E-state index contributed by atoms with van der Waals surface area (Å²) < 4.78 is 5.55. The van der Waals surface area contributed by atoms with Crippen molar-refractivity contribution >= 4 is 5.91 Å². The Bertz CT molecular complexity index is 463.